The van der Waals surface area contributed by atoms with Gasteiger partial charge < -0.3 is 14.9 Å². The molecule has 0 aliphatic carbocycles. The van der Waals surface area contributed by atoms with Crippen molar-refractivity contribution in [3.63, 3.8) is 0 Å². The van der Waals surface area contributed by atoms with Crippen molar-refractivity contribution in [2.75, 3.05) is 5.32 Å². The molecule has 4 aromatic rings. The second-order valence-corrected chi connectivity index (χ2v) is 8.14. The average molecular weight is 491 g/mol. The van der Waals surface area contributed by atoms with Gasteiger partial charge in [-0.05, 0) is 36.2 Å². The van der Waals surface area contributed by atoms with Gasteiger partial charge in [-0.2, -0.15) is 10.4 Å². The van der Waals surface area contributed by atoms with E-state index in [1.54, 1.807) is 24.0 Å². The number of carbonyl (C=O) groups is 1. The summed E-state index contributed by atoms with van der Waals surface area (Å²) in [5.41, 5.74) is 0.142. The molecule has 11 nitrogen and oxygen atoms in total. The minimum absolute atomic E-state index is 0.135. The molecule has 0 bridgehead atoms. The number of aryl methyl sites for hydroxylation is 1. The number of benzene rings is 1. The topological polar surface area (TPSA) is 152 Å². The molecule has 1 amide bonds. The summed E-state index contributed by atoms with van der Waals surface area (Å²) in [7, 11) is 1.41. The van der Waals surface area contributed by atoms with Crippen LogP contribution in [0.4, 0.5) is 10.1 Å². The number of anilines is 1. The van der Waals surface area contributed by atoms with E-state index in [1.165, 1.54) is 37.7 Å². The number of nitrogens with zero attached hydrogens (tertiary/aromatic N) is 6. The van der Waals surface area contributed by atoms with Gasteiger partial charge in [0.05, 0.1) is 24.0 Å². The summed E-state index contributed by atoms with van der Waals surface area (Å²) in [5.74, 6) is -3.40. The van der Waals surface area contributed by atoms with Crippen LogP contribution in [0.1, 0.15) is 58.7 Å². The normalized spacial score (nSPS) is 12.6. The van der Waals surface area contributed by atoms with E-state index in [1.807, 2.05) is 6.92 Å². The van der Waals surface area contributed by atoms with Crippen LogP contribution in [0.2, 0.25) is 0 Å². The summed E-state index contributed by atoms with van der Waals surface area (Å²) >= 11 is 0. The van der Waals surface area contributed by atoms with E-state index in [9.17, 15) is 24.3 Å². The van der Waals surface area contributed by atoms with E-state index in [-0.39, 0.29) is 17.1 Å². The third-order valence-corrected chi connectivity index (χ3v) is 5.92. The highest BCUT2D eigenvalue weighted by Gasteiger charge is 2.31. The van der Waals surface area contributed by atoms with Crippen LogP contribution in [0, 0.1) is 17.1 Å². The summed E-state index contributed by atoms with van der Waals surface area (Å²) in [6, 6.07) is 5.93. The minimum Gasteiger partial charge on any atom is -0.501 e. The van der Waals surface area contributed by atoms with Crippen LogP contribution >= 0.6 is 0 Å². The lowest BCUT2D eigenvalue weighted by Gasteiger charge is -2.26. The van der Waals surface area contributed by atoms with E-state index in [0.29, 0.717) is 17.7 Å². The Morgan fingerprint density at radius 2 is 2.14 bits per heavy atom. The lowest BCUT2D eigenvalue weighted by molar-refractivity contribution is 0.101. The molecule has 3 aromatic heterocycles. The third-order valence-electron chi connectivity index (χ3n) is 5.92. The Bertz CT molecular complexity index is 1520. The van der Waals surface area contributed by atoms with Crippen molar-refractivity contribution >= 4 is 11.6 Å². The molecule has 2 atom stereocenters. The Kier molecular flexibility index (Phi) is 6.64. The highest BCUT2D eigenvalue weighted by atomic mass is 19.1. The molecule has 0 fully saturated rings. The fourth-order valence-corrected chi connectivity index (χ4v) is 4.12. The number of carbonyl (C=O) groups excluding carboxylic acids is 1. The van der Waals surface area contributed by atoms with Crippen molar-refractivity contribution in [3.8, 4) is 11.8 Å². The summed E-state index contributed by atoms with van der Waals surface area (Å²) in [6.45, 7) is 4.22. The zero-order valence-electron chi connectivity index (χ0n) is 19.6. The van der Waals surface area contributed by atoms with Crippen LogP contribution in [0.25, 0.3) is 0 Å². The Morgan fingerprint density at radius 1 is 1.36 bits per heavy atom. The number of rotatable bonds is 7. The first-order valence-electron chi connectivity index (χ1n) is 11.0. The number of halogens is 1. The van der Waals surface area contributed by atoms with Crippen molar-refractivity contribution in [3.05, 3.63) is 87.4 Å². The number of nitriles is 1. The molecule has 2 N–H and O–H groups in total. The maximum absolute atomic E-state index is 14.3. The van der Waals surface area contributed by atoms with Crippen molar-refractivity contribution in [2.45, 2.75) is 32.2 Å². The van der Waals surface area contributed by atoms with Gasteiger partial charge in [-0.1, -0.05) is 12.1 Å². The van der Waals surface area contributed by atoms with E-state index in [0.717, 1.165) is 4.57 Å². The average Bonchev–Trinajstić information content (AvgIpc) is 3.55. The molecule has 4 rings (SSSR count). The van der Waals surface area contributed by atoms with Crippen LogP contribution in [0.15, 0.2) is 52.4 Å². The number of hydrogen-bond acceptors (Lipinski definition) is 8. The molecule has 0 unspecified atom stereocenters. The smallest absolute Gasteiger partial charge is 0.296 e. The predicted molar refractivity (Wildman–Crippen MR) is 125 cm³/mol. The van der Waals surface area contributed by atoms with Crippen LogP contribution in [0.3, 0.4) is 0 Å². The zero-order valence-corrected chi connectivity index (χ0v) is 19.6. The number of aromatic hydroxyl groups is 1. The van der Waals surface area contributed by atoms with Gasteiger partial charge in [-0.15, -0.1) is 0 Å². The van der Waals surface area contributed by atoms with Gasteiger partial charge in [0.2, 0.25) is 5.75 Å². The first-order chi connectivity index (χ1) is 17.2. The summed E-state index contributed by atoms with van der Waals surface area (Å²) in [5, 5.41) is 30.4. The van der Waals surface area contributed by atoms with Crippen LogP contribution in [-0.2, 0) is 13.6 Å². The minimum atomic E-state index is -0.847. The molecule has 1 aromatic carbocycles. The van der Waals surface area contributed by atoms with E-state index in [4.69, 9.17) is 0 Å². The molecule has 0 saturated heterocycles. The van der Waals surface area contributed by atoms with Crippen molar-refractivity contribution < 1.29 is 18.8 Å². The van der Waals surface area contributed by atoms with Crippen LogP contribution in [0.5, 0.6) is 5.75 Å². The fourth-order valence-electron chi connectivity index (χ4n) is 4.12. The largest absolute Gasteiger partial charge is 0.501 e. The van der Waals surface area contributed by atoms with Gasteiger partial charge in [0.15, 0.2) is 5.69 Å². The molecule has 0 aliphatic rings. The summed E-state index contributed by atoms with van der Waals surface area (Å²) in [4.78, 5) is 30.0. The van der Waals surface area contributed by atoms with E-state index >= 15 is 0 Å². The number of aromatic nitrogens is 5. The van der Waals surface area contributed by atoms with Gasteiger partial charge in [-0.3, -0.25) is 18.8 Å². The Balaban J connectivity index is 1.88. The van der Waals surface area contributed by atoms with Gasteiger partial charge >= 0.3 is 0 Å². The zero-order chi connectivity index (χ0) is 26.0. The van der Waals surface area contributed by atoms with Crippen molar-refractivity contribution in [1.82, 2.24) is 24.5 Å². The maximum atomic E-state index is 14.3. The summed E-state index contributed by atoms with van der Waals surface area (Å²) < 4.78 is 21.8. The quantitative estimate of drug-likeness (QED) is 0.400. The molecule has 0 spiro atoms. The molecule has 12 heteroatoms. The molecule has 36 heavy (non-hydrogen) atoms. The van der Waals surface area contributed by atoms with E-state index < -0.39 is 40.6 Å². The standard InChI is InChI=1S/C24H22FN7O4/c1-4-32-11-15(9-27-32)19(18-7-16(25)6-5-14(18)8-26)13(2)22-30-20(21(33)24(35)31(22)3)23(34)29-17-10-28-36-12-17/h5-7,9-13,19,33H,4H2,1-3H3,(H,29,34)/t13-,19+/m0/s1. The Hall–Kier alpha value is -4.79. The van der Waals surface area contributed by atoms with Crippen LogP contribution in [-0.4, -0.2) is 35.5 Å². The second-order valence-electron chi connectivity index (χ2n) is 8.14. The van der Waals surface area contributed by atoms with Gasteiger partial charge in [0.25, 0.3) is 11.5 Å². The molecule has 0 radical (unpaired) electrons. The molecule has 184 valence electrons. The van der Waals surface area contributed by atoms with Gasteiger partial charge in [0.1, 0.15) is 23.6 Å². The van der Waals surface area contributed by atoms with Crippen LogP contribution < -0.4 is 10.9 Å². The Labute approximate surface area is 204 Å². The maximum Gasteiger partial charge on any atom is 0.296 e. The number of hydrogen-bond donors (Lipinski definition) is 2. The number of nitrogens with one attached hydrogen (secondary N) is 1. The van der Waals surface area contributed by atoms with Crippen molar-refractivity contribution in [2.24, 2.45) is 7.05 Å². The second kappa shape index (κ2) is 9.83. The molecule has 3 heterocycles. The fraction of sp³-hybridized carbons (Fsp3) is 0.250. The molecular weight excluding hydrogens is 469 g/mol. The first kappa shape index (κ1) is 24.3. The predicted octanol–water partition coefficient (Wildman–Crippen LogP) is 2.89. The highest BCUT2D eigenvalue weighted by Crippen LogP contribution is 2.39. The number of amides is 1. The Morgan fingerprint density at radius 3 is 2.78 bits per heavy atom. The van der Waals surface area contributed by atoms with Gasteiger partial charge in [0, 0.05) is 31.6 Å². The summed E-state index contributed by atoms with van der Waals surface area (Å²) in [6.07, 6.45) is 5.79. The monoisotopic (exact) mass is 491 g/mol. The highest BCUT2D eigenvalue weighted by molar-refractivity contribution is 6.04. The third kappa shape index (κ3) is 4.46. The lowest BCUT2D eigenvalue weighted by atomic mass is 9.80. The first-order valence-corrected chi connectivity index (χ1v) is 11.0. The SMILES string of the molecule is CCn1cc([C@H](c2cc(F)ccc2C#N)[C@H](C)c2nc(C(=O)Nc3cnoc3)c(O)c(=O)n2C)cn1. The molecule has 0 saturated carbocycles. The molecule has 0 aliphatic heterocycles. The van der Waals surface area contributed by atoms with E-state index in [2.05, 4.69) is 31.1 Å². The lowest BCUT2D eigenvalue weighted by Crippen LogP contribution is -2.29. The molecular formula is C24H22FN7O4. The van der Waals surface area contributed by atoms with Gasteiger partial charge in [-0.25, -0.2) is 9.37 Å². The van der Waals surface area contributed by atoms with Crippen molar-refractivity contribution in [1.29, 1.82) is 5.26 Å².